The molecule has 2 aliphatic rings. The number of aliphatic hydroxyl groups is 2. The number of nitrogen functional groups attached to an aromatic ring is 1. The van der Waals surface area contributed by atoms with Crippen molar-refractivity contribution < 1.29 is 14.6 Å². The van der Waals surface area contributed by atoms with Gasteiger partial charge in [-0.1, -0.05) is 12.1 Å². The smallest absolute Gasteiger partial charge is 0.165 e. The highest BCUT2D eigenvalue weighted by Crippen LogP contribution is 2.55. The number of aryl methyl sites for hydroxylation is 1. The lowest BCUT2D eigenvalue weighted by molar-refractivity contribution is -0.0799. The quantitative estimate of drug-likeness (QED) is 0.444. The first kappa shape index (κ1) is 20.5. The van der Waals surface area contributed by atoms with Crippen LogP contribution in [0.4, 0.5) is 10.2 Å². The van der Waals surface area contributed by atoms with E-state index < -0.39 is 17.5 Å². The Balaban J connectivity index is 1.29. The number of halogens is 1. The van der Waals surface area contributed by atoms with E-state index in [4.69, 9.17) is 5.73 Å². The number of benzene rings is 1. The third-order valence-electron chi connectivity index (χ3n) is 7.93. The van der Waals surface area contributed by atoms with Gasteiger partial charge >= 0.3 is 0 Å². The van der Waals surface area contributed by atoms with E-state index in [1.165, 1.54) is 6.07 Å². The summed E-state index contributed by atoms with van der Waals surface area (Å²) < 4.78 is 15.7. The van der Waals surface area contributed by atoms with Gasteiger partial charge in [-0.3, -0.25) is 0 Å². The summed E-state index contributed by atoms with van der Waals surface area (Å²) in [5.41, 5.74) is 7.96. The molecule has 6 rings (SSSR count). The van der Waals surface area contributed by atoms with Crippen molar-refractivity contribution in [2.45, 2.75) is 50.4 Å². The van der Waals surface area contributed by atoms with Crippen molar-refractivity contribution >= 4 is 27.8 Å². The lowest BCUT2D eigenvalue weighted by Crippen LogP contribution is -2.42. The topological polar surface area (TPSA) is 110 Å². The zero-order chi connectivity index (χ0) is 22.9. The van der Waals surface area contributed by atoms with E-state index in [9.17, 15) is 14.6 Å². The second-order valence-corrected chi connectivity index (χ2v) is 9.65. The Kier molecular flexibility index (Phi) is 4.47. The number of aliphatic hydroxyl groups excluding tert-OH is 1. The predicted octanol–water partition coefficient (Wildman–Crippen LogP) is 3.31. The summed E-state index contributed by atoms with van der Waals surface area (Å²) in [7, 11) is 0. The molecule has 3 aromatic heterocycles. The highest BCUT2D eigenvalue weighted by molar-refractivity contribution is 5.81. The van der Waals surface area contributed by atoms with Gasteiger partial charge in [0.1, 0.15) is 18.1 Å². The number of nitrogens with zero attached hydrogens (tertiary/aromatic N) is 4. The van der Waals surface area contributed by atoms with Gasteiger partial charge in [-0.05, 0) is 68.2 Å². The van der Waals surface area contributed by atoms with E-state index in [2.05, 4.69) is 15.0 Å². The Labute approximate surface area is 190 Å². The number of pyridine rings is 1. The SMILES string of the molecule is Cc1ncnc2c1ccn2[C@@H]1C[C@@H]2[C@@H](Cc3ccc4cc(F)c(N)nc4c3)CC[C@]2(O)[C@H]1O. The molecule has 1 aromatic carbocycles. The summed E-state index contributed by atoms with van der Waals surface area (Å²) >= 11 is 0. The van der Waals surface area contributed by atoms with E-state index in [0.29, 0.717) is 23.7 Å². The summed E-state index contributed by atoms with van der Waals surface area (Å²) in [6, 6.07) is 8.94. The van der Waals surface area contributed by atoms with Crippen molar-refractivity contribution in [2.75, 3.05) is 5.73 Å². The Morgan fingerprint density at radius 3 is 2.94 bits per heavy atom. The van der Waals surface area contributed by atoms with Crippen molar-refractivity contribution in [3.63, 3.8) is 0 Å². The molecule has 0 amide bonds. The van der Waals surface area contributed by atoms with Crippen molar-refractivity contribution in [3.05, 3.63) is 59.9 Å². The van der Waals surface area contributed by atoms with E-state index >= 15 is 0 Å². The van der Waals surface area contributed by atoms with Crippen LogP contribution >= 0.6 is 0 Å². The summed E-state index contributed by atoms with van der Waals surface area (Å²) in [4.78, 5) is 12.9. The van der Waals surface area contributed by atoms with Crippen LogP contribution in [0.5, 0.6) is 0 Å². The number of fused-ring (bicyclic) bond motifs is 3. The number of hydrogen-bond acceptors (Lipinski definition) is 6. The van der Waals surface area contributed by atoms with Gasteiger partial charge in [0, 0.05) is 17.0 Å². The van der Waals surface area contributed by atoms with Crippen LogP contribution in [0.3, 0.4) is 0 Å². The van der Waals surface area contributed by atoms with Crippen LogP contribution in [0, 0.1) is 24.6 Å². The first-order valence-corrected chi connectivity index (χ1v) is 11.4. The molecule has 2 fully saturated rings. The molecule has 33 heavy (non-hydrogen) atoms. The monoisotopic (exact) mass is 447 g/mol. The molecule has 0 radical (unpaired) electrons. The maximum absolute atomic E-state index is 13.7. The predicted molar refractivity (Wildman–Crippen MR) is 123 cm³/mol. The van der Waals surface area contributed by atoms with Crippen molar-refractivity contribution in [2.24, 2.45) is 11.8 Å². The normalized spacial score (nSPS) is 29.2. The minimum Gasteiger partial charge on any atom is -0.388 e. The highest BCUT2D eigenvalue weighted by Gasteiger charge is 2.59. The summed E-state index contributed by atoms with van der Waals surface area (Å²) in [5.74, 6) is -0.419. The number of hydrogen-bond donors (Lipinski definition) is 3. The van der Waals surface area contributed by atoms with Gasteiger partial charge < -0.3 is 20.5 Å². The first-order chi connectivity index (χ1) is 15.8. The van der Waals surface area contributed by atoms with Gasteiger partial charge in [0.25, 0.3) is 0 Å². The van der Waals surface area contributed by atoms with E-state index in [-0.39, 0.29) is 23.7 Å². The van der Waals surface area contributed by atoms with Gasteiger partial charge in [0.2, 0.25) is 0 Å². The number of aromatic nitrogens is 4. The van der Waals surface area contributed by atoms with Gasteiger partial charge in [0.05, 0.1) is 22.9 Å². The largest absolute Gasteiger partial charge is 0.388 e. The average molecular weight is 448 g/mol. The maximum atomic E-state index is 13.7. The number of rotatable bonds is 3. The van der Waals surface area contributed by atoms with Crippen LogP contribution < -0.4 is 5.73 Å². The average Bonchev–Trinajstić information content (AvgIpc) is 3.42. The molecule has 8 heteroatoms. The van der Waals surface area contributed by atoms with E-state index in [1.807, 2.05) is 42.0 Å². The fraction of sp³-hybridized carbons (Fsp3) is 0.400. The molecule has 4 aromatic rings. The van der Waals surface area contributed by atoms with Crippen LogP contribution in [0.15, 0.2) is 42.9 Å². The molecule has 7 nitrogen and oxygen atoms in total. The molecular weight excluding hydrogens is 421 g/mol. The second-order valence-electron chi connectivity index (χ2n) is 9.65. The zero-order valence-corrected chi connectivity index (χ0v) is 18.3. The Morgan fingerprint density at radius 1 is 1.24 bits per heavy atom. The van der Waals surface area contributed by atoms with Gasteiger partial charge in [-0.2, -0.15) is 0 Å². The summed E-state index contributed by atoms with van der Waals surface area (Å²) in [6.07, 6.45) is 5.47. The number of anilines is 1. The highest BCUT2D eigenvalue weighted by atomic mass is 19.1. The third-order valence-corrected chi connectivity index (χ3v) is 7.93. The van der Waals surface area contributed by atoms with E-state index in [0.717, 1.165) is 35.1 Å². The van der Waals surface area contributed by atoms with Crippen molar-refractivity contribution in [1.82, 2.24) is 19.5 Å². The molecule has 0 aliphatic heterocycles. The van der Waals surface area contributed by atoms with E-state index in [1.54, 1.807) is 6.33 Å². The summed E-state index contributed by atoms with van der Waals surface area (Å²) in [5, 5.41) is 24.4. The second kappa shape index (κ2) is 7.20. The first-order valence-electron chi connectivity index (χ1n) is 11.4. The molecule has 5 atom stereocenters. The Hall–Kier alpha value is -3.10. The Morgan fingerprint density at radius 2 is 2.09 bits per heavy atom. The molecule has 4 N–H and O–H groups in total. The molecule has 3 heterocycles. The van der Waals surface area contributed by atoms with Crippen LogP contribution in [0.25, 0.3) is 21.9 Å². The maximum Gasteiger partial charge on any atom is 0.165 e. The molecule has 0 spiro atoms. The minimum absolute atomic E-state index is 0.0279. The van der Waals surface area contributed by atoms with Gasteiger partial charge in [-0.15, -0.1) is 0 Å². The fourth-order valence-electron chi connectivity index (χ4n) is 6.20. The third kappa shape index (κ3) is 3.04. The molecule has 0 saturated heterocycles. The Bertz CT molecular complexity index is 1390. The van der Waals surface area contributed by atoms with Crippen LogP contribution in [0.1, 0.15) is 36.6 Å². The minimum atomic E-state index is -1.11. The van der Waals surface area contributed by atoms with Crippen LogP contribution in [0.2, 0.25) is 0 Å². The van der Waals surface area contributed by atoms with Crippen LogP contribution in [-0.4, -0.2) is 41.4 Å². The molecule has 2 aliphatic carbocycles. The van der Waals surface area contributed by atoms with Crippen molar-refractivity contribution in [3.8, 4) is 0 Å². The fourth-order valence-corrected chi connectivity index (χ4v) is 6.20. The number of nitrogens with two attached hydrogens (primary N) is 1. The molecule has 0 bridgehead atoms. The molecule has 170 valence electrons. The molecular formula is C25H26FN5O2. The summed E-state index contributed by atoms with van der Waals surface area (Å²) in [6.45, 7) is 1.94. The van der Waals surface area contributed by atoms with Crippen molar-refractivity contribution in [1.29, 1.82) is 0 Å². The molecule has 0 unspecified atom stereocenters. The lowest BCUT2D eigenvalue weighted by atomic mass is 9.84. The van der Waals surface area contributed by atoms with Gasteiger partial charge in [-0.25, -0.2) is 19.3 Å². The van der Waals surface area contributed by atoms with Crippen LogP contribution in [-0.2, 0) is 6.42 Å². The zero-order valence-electron chi connectivity index (χ0n) is 18.3. The standard InChI is InChI=1S/C25H26FN5O2/c1-13-17-5-7-31(24(17)29-12-28-13)21-11-18-15(4-6-25(18,33)22(21)32)8-14-2-3-16-10-19(26)23(27)30-20(16)9-14/h2-3,5,7,9-10,12,15,18,21-22,32-33H,4,6,8,11H2,1H3,(H2,27,30)/t15-,18-,21-,22+,25-/m1/s1. The lowest BCUT2D eigenvalue weighted by Gasteiger charge is -2.29. The van der Waals surface area contributed by atoms with Gasteiger partial charge in [0.15, 0.2) is 11.6 Å². The molecule has 2 saturated carbocycles.